The lowest BCUT2D eigenvalue weighted by molar-refractivity contribution is 0.102. The molecule has 0 unspecified atom stereocenters. The summed E-state index contributed by atoms with van der Waals surface area (Å²) in [7, 11) is 0. The zero-order chi connectivity index (χ0) is 20.2. The molecule has 0 spiro atoms. The average molecular weight is 392 g/mol. The van der Waals surface area contributed by atoms with Crippen LogP contribution in [-0.4, -0.2) is 29.1 Å². The highest BCUT2D eigenvalue weighted by molar-refractivity contribution is 6.04. The average Bonchev–Trinajstić information content (AvgIpc) is 3.38. The molecule has 0 saturated carbocycles. The monoisotopic (exact) mass is 392 g/mol. The van der Waals surface area contributed by atoms with Crippen LogP contribution in [0.25, 0.3) is 0 Å². The predicted octanol–water partition coefficient (Wildman–Crippen LogP) is 4.12. The van der Waals surface area contributed by atoms with E-state index in [4.69, 9.17) is 9.26 Å². The molecule has 1 aliphatic rings. The van der Waals surface area contributed by atoms with Gasteiger partial charge in [0.1, 0.15) is 23.9 Å². The van der Waals surface area contributed by atoms with Crippen molar-refractivity contribution in [3.8, 4) is 5.75 Å². The van der Waals surface area contributed by atoms with Crippen LogP contribution in [-0.2, 0) is 6.61 Å². The molecule has 7 nitrogen and oxygen atoms in total. The fourth-order valence-electron chi connectivity index (χ4n) is 3.40. The van der Waals surface area contributed by atoms with E-state index in [0.29, 0.717) is 23.7 Å². The summed E-state index contributed by atoms with van der Waals surface area (Å²) >= 11 is 0. The van der Waals surface area contributed by atoms with Crippen molar-refractivity contribution in [1.82, 2.24) is 10.1 Å². The van der Waals surface area contributed by atoms with E-state index in [1.54, 1.807) is 18.2 Å². The maximum absolute atomic E-state index is 12.6. The summed E-state index contributed by atoms with van der Waals surface area (Å²) in [5.41, 5.74) is 3.32. The van der Waals surface area contributed by atoms with Gasteiger partial charge in [-0.3, -0.25) is 4.79 Å². The van der Waals surface area contributed by atoms with E-state index in [9.17, 15) is 4.79 Å². The Balaban J connectivity index is 1.39. The Morgan fingerprint density at radius 3 is 2.72 bits per heavy atom. The highest BCUT2D eigenvalue weighted by Crippen LogP contribution is 2.21. The van der Waals surface area contributed by atoms with Crippen LogP contribution in [0.1, 0.15) is 40.2 Å². The van der Waals surface area contributed by atoms with Gasteiger partial charge in [-0.25, -0.2) is 4.98 Å². The lowest BCUT2D eigenvalue weighted by Gasteiger charge is -2.17. The predicted molar refractivity (Wildman–Crippen MR) is 110 cm³/mol. The molecule has 4 rings (SSSR count). The molecule has 0 atom stereocenters. The van der Waals surface area contributed by atoms with E-state index in [1.165, 1.54) is 12.8 Å². The van der Waals surface area contributed by atoms with Gasteiger partial charge in [0.25, 0.3) is 5.91 Å². The number of hydrogen-bond donors (Lipinski definition) is 1. The number of benzene rings is 1. The van der Waals surface area contributed by atoms with E-state index >= 15 is 0 Å². The Kier molecular flexibility index (Phi) is 5.46. The summed E-state index contributed by atoms with van der Waals surface area (Å²) in [6.45, 7) is 6.19. The van der Waals surface area contributed by atoms with Gasteiger partial charge in [0.05, 0.1) is 23.1 Å². The quantitative estimate of drug-likeness (QED) is 0.680. The van der Waals surface area contributed by atoms with Crippen molar-refractivity contribution >= 4 is 17.4 Å². The molecule has 7 heteroatoms. The van der Waals surface area contributed by atoms with E-state index < -0.39 is 0 Å². The lowest BCUT2D eigenvalue weighted by atomic mass is 10.2. The molecule has 3 heterocycles. The number of nitrogens with one attached hydrogen (secondary N) is 1. The van der Waals surface area contributed by atoms with Gasteiger partial charge < -0.3 is 19.5 Å². The van der Waals surface area contributed by atoms with Gasteiger partial charge >= 0.3 is 0 Å². The van der Waals surface area contributed by atoms with Crippen molar-refractivity contribution in [2.24, 2.45) is 0 Å². The van der Waals surface area contributed by atoms with Gasteiger partial charge in [-0.2, -0.15) is 0 Å². The Morgan fingerprint density at radius 2 is 2.03 bits per heavy atom. The molecule has 3 aromatic rings. The molecular formula is C22H24N4O3. The maximum atomic E-state index is 12.6. The zero-order valence-corrected chi connectivity index (χ0v) is 16.6. The van der Waals surface area contributed by atoms with Crippen molar-refractivity contribution in [2.75, 3.05) is 23.3 Å². The van der Waals surface area contributed by atoms with Crippen LogP contribution in [0.2, 0.25) is 0 Å². The van der Waals surface area contributed by atoms with Gasteiger partial charge in [0, 0.05) is 18.7 Å². The summed E-state index contributed by atoms with van der Waals surface area (Å²) in [4.78, 5) is 19.3. The normalized spacial score (nSPS) is 13.5. The summed E-state index contributed by atoms with van der Waals surface area (Å²) in [6.07, 6.45) is 4.24. The third kappa shape index (κ3) is 4.39. The highest BCUT2D eigenvalue weighted by atomic mass is 16.5. The Hall–Kier alpha value is -3.35. The Morgan fingerprint density at radius 1 is 1.21 bits per heavy atom. The third-order valence-electron chi connectivity index (χ3n) is 5.12. The highest BCUT2D eigenvalue weighted by Gasteiger charge is 2.14. The summed E-state index contributed by atoms with van der Waals surface area (Å²) in [6, 6.07) is 10.9. The van der Waals surface area contributed by atoms with E-state index in [-0.39, 0.29) is 5.91 Å². The third-order valence-corrected chi connectivity index (χ3v) is 5.12. The Labute approximate surface area is 169 Å². The molecule has 0 bridgehead atoms. The minimum absolute atomic E-state index is 0.228. The first kappa shape index (κ1) is 19.0. The van der Waals surface area contributed by atoms with Crippen LogP contribution in [0.3, 0.4) is 0 Å². The van der Waals surface area contributed by atoms with Gasteiger partial charge in [-0.15, -0.1) is 0 Å². The van der Waals surface area contributed by atoms with E-state index in [1.807, 2.05) is 38.2 Å². The van der Waals surface area contributed by atoms with Crippen LogP contribution in [0.15, 0.2) is 47.1 Å². The Bertz CT molecular complexity index is 972. The van der Waals surface area contributed by atoms with Crippen LogP contribution in [0, 0.1) is 13.8 Å². The summed E-state index contributed by atoms with van der Waals surface area (Å²) in [5.74, 6) is 1.64. The molecule has 2 aromatic heterocycles. The van der Waals surface area contributed by atoms with Crippen molar-refractivity contribution < 1.29 is 14.1 Å². The van der Waals surface area contributed by atoms with Gasteiger partial charge in [-0.05, 0) is 57.0 Å². The second-order valence-corrected chi connectivity index (χ2v) is 7.17. The minimum atomic E-state index is -0.228. The van der Waals surface area contributed by atoms with Crippen molar-refractivity contribution in [3.05, 3.63) is 65.2 Å². The van der Waals surface area contributed by atoms with Crippen LogP contribution in [0.5, 0.6) is 5.75 Å². The topological polar surface area (TPSA) is 80.5 Å². The summed E-state index contributed by atoms with van der Waals surface area (Å²) < 4.78 is 11.0. The number of hydrogen-bond acceptors (Lipinski definition) is 6. The van der Waals surface area contributed by atoms with Crippen LogP contribution < -0.4 is 15.0 Å². The number of carbonyl (C=O) groups is 1. The number of carbonyl (C=O) groups excluding carboxylic acids is 1. The van der Waals surface area contributed by atoms with Crippen molar-refractivity contribution in [1.29, 1.82) is 0 Å². The van der Waals surface area contributed by atoms with Gasteiger partial charge in [-0.1, -0.05) is 11.2 Å². The number of amides is 1. The first-order valence-electron chi connectivity index (χ1n) is 9.77. The van der Waals surface area contributed by atoms with Crippen LogP contribution >= 0.6 is 0 Å². The molecule has 150 valence electrons. The zero-order valence-electron chi connectivity index (χ0n) is 16.6. The molecule has 0 aliphatic carbocycles. The molecule has 29 heavy (non-hydrogen) atoms. The molecule has 1 aliphatic heterocycles. The number of aryl methyl sites for hydroxylation is 2. The first-order valence-corrected chi connectivity index (χ1v) is 9.77. The first-order chi connectivity index (χ1) is 14.1. The lowest BCUT2D eigenvalue weighted by Crippen LogP contribution is -2.18. The van der Waals surface area contributed by atoms with Crippen molar-refractivity contribution in [3.63, 3.8) is 0 Å². The molecular weight excluding hydrogens is 368 g/mol. The fraction of sp³-hybridized carbons (Fsp3) is 0.318. The van der Waals surface area contributed by atoms with E-state index in [2.05, 4.69) is 20.4 Å². The number of anilines is 2. The minimum Gasteiger partial charge on any atom is -0.489 e. The smallest absolute Gasteiger partial charge is 0.256 e. The molecule has 1 saturated heterocycles. The van der Waals surface area contributed by atoms with Gasteiger partial charge in [0.15, 0.2) is 0 Å². The standard InChI is InChI=1S/C22H24N4O3/c1-15-20(16(2)29-25-15)14-28-19-7-5-6-17(12-19)22(27)24-21-9-8-18(13-23-21)26-10-3-4-11-26/h5-9,12-13H,3-4,10-11,14H2,1-2H3,(H,23,24,27). The molecule has 1 aromatic carbocycles. The second-order valence-electron chi connectivity index (χ2n) is 7.17. The fourth-order valence-corrected chi connectivity index (χ4v) is 3.40. The molecule has 1 amide bonds. The summed E-state index contributed by atoms with van der Waals surface area (Å²) in [5, 5.41) is 6.77. The number of nitrogens with zero attached hydrogens (tertiary/aromatic N) is 3. The second kappa shape index (κ2) is 8.34. The maximum Gasteiger partial charge on any atom is 0.256 e. The van der Waals surface area contributed by atoms with E-state index in [0.717, 1.165) is 35.8 Å². The van der Waals surface area contributed by atoms with Gasteiger partial charge in [0.2, 0.25) is 0 Å². The van der Waals surface area contributed by atoms with Crippen LogP contribution in [0.4, 0.5) is 11.5 Å². The number of ether oxygens (including phenoxy) is 1. The molecule has 1 N–H and O–H groups in total. The SMILES string of the molecule is Cc1noc(C)c1COc1cccc(C(=O)Nc2ccc(N3CCCC3)cn2)c1. The number of aromatic nitrogens is 2. The molecule has 1 fully saturated rings. The van der Waals surface area contributed by atoms with Crippen molar-refractivity contribution in [2.45, 2.75) is 33.3 Å². The molecule has 0 radical (unpaired) electrons. The largest absolute Gasteiger partial charge is 0.489 e. The number of pyridine rings is 1. The number of rotatable bonds is 6.